The molecule has 5 rings (SSSR count). The summed E-state index contributed by atoms with van der Waals surface area (Å²) in [5.74, 6) is 0. The Morgan fingerprint density at radius 3 is 0.675 bits per heavy atom. The minimum Gasteiger partial charge on any atom is -0.0776 e. The maximum absolute atomic E-state index is 2.16. The second-order valence-corrected chi connectivity index (χ2v) is 8.20. The van der Waals surface area contributed by atoms with E-state index in [4.69, 9.17) is 0 Å². The van der Waals surface area contributed by atoms with Crippen LogP contribution < -0.4 is 0 Å². The molecule has 0 heterocycles. The van der Waals surface area contributed by atoms with Gasteiger partial charge in [0.25, 0.3) is 0 Å². The summed E-state index contributed by atoms with van der Waals surface area (Å²) in [5, 5.41) is 0. The van der Waals surface area contributed by atoms with Crippen molar-refractivity contribution >= 4 is 0 Å². The van der Waals surface area contributed by atoms with Gasteiger partial charge in [0.1, 0.15) is 0 Å². The van der Waals surface area contributed by atoms with Crippen LogP contribution in [0.1, 0.15) is 64.8 Å². The molecular weight excluding hydrogens is 480 g/mol. The quantitative estimate of drug-likeness (QED) is 0.200. The number of rotatable bonds is 1. The van der Waals surface area contributed by atoms with Crippen LogP contribution in [-0.4, -0.2) is 0 Å². The van der Waals surface area contributed by atoms with E-state index >= 15 is 0 Å². The molecule has 0 aliphatic heterocycles. The molecule has 0 spiro atoms. The third-order valence-electron chi connectivity index (χ3n) is 4.98. The van der Waals surface area contributed by atoms with E-state index in [1.807, 2.05) is 88.4 Å². The van der Waals surface area contributed by atoms with E-state index in [0.717, 1.165) is 0 Å². The van der Waals surface area contributed by atoms with Crippen molar-refractivity contribution in [3.05, 3.63) is 168 Å². The lowest BCUT2D eigenvalue weighted by molar-refractivity contribution is 1.47. The van der Waals surface area contributed by atoms with Crippen molar-refractivity contribution in [2.24, 2.45) is 0 Å². The summed E-state index contributed by atoms with van der Waals surface area (Å²) < 4.78 is 0. The van der Waals surface area contributed by atoms with Gasteiger partial charge < -0.3 is 0 Å². The van der Waals surface area contributed by atoms with Gasteiger partial charge in [-0.15, -0.1) is 0 Å². The summed E-state index contributed by atoms with van der Waals surface area (Å²) >= 11 is 0. The van der Waals surface area contributed by atoms with Crippen molar-refractivity contribution in [3.63, 3.8) is 0 Å². The van der Waals surface area contributed by atoms with Crippen LogP contribution in [0.5, 0.6) is 0 Å². The highest BCUT2D eigenvalue weighted by atomic mass is 14.0. The number of benzene rings is 5. The molecule has 0 aliphatic rings. The smallest absolute Gasteiger partial charge is 0.0184 e. The van der Waals surface area contributed by atoms with Gasteiger partial charge in [-0.2, -0.15) is 0 Å². The van der Waals surface area contributed by atoms with Crippen molar-refractivity contribution in [3.8, 4) is 11.1 Å². The van der Waals surface area contributed by atoms with Crippen molar-refractivity contribution in [2.75, 3.05) is 0 Å². The lowest BCUT2D eigenvalue weighted by Crippen LogP contribution is -1.76. The van der Waals surface area contributed by atoms with E-state index in [0.29, 0.717) is 0 Å². The zero-order valence-electron chi connectivity index (χ0n) is 24.9. The van der Waals surface area contributed by atoms with Crippen LogP contribution in [0.3, 0.4) is 0 Å². The second-order valence-electron chi connectivity index (χ2n) is 8.20. The van der Waals surface area contributed by atoms with Crippen LogP contribution in [0.15, 0.2) is 146 Å². The Kier molecular flexibility index (Phi) is 28.5. The Hall–Kier alpha value is -3.90. The Morgan fingerprint density at radius 2 is 0.450 bits per heavy atom. The van der Waals surface area contributed by atoms with Crippen molar-refractivity contribution in [1.82, 2.24) is 0 Å². The molecule has 0 radical (unpaired) electrons. The van der Waals surface area contributed by atoms with E-state index in [9.17, 15) is 0 Å². The van der Waals surface area contributed by atoms with Crippen LogP contribution in [0.2, 0.25) is 0 Å². The van der Waals surface area contributed by atoms with Gasteiger partial charge >= 0.3 is 0 Å². The molecule has 0 heteroatoms. The Bertz CT molecular complexity index is 1040. The standard InChI is InChI=1S/C13H12.3C7H8.2C2H6.2CH4/c1-11-7-9-13(10-8-11)12-5-3-2-4-6-12;3*1-7-5-3-2-4-6-7;2*1-2;;/h2-10H,1H3;3*2-6H,1H3;2*1-2H3;2*1H4. The maximum atomic E-state index is 2.16. The molecule has 0 saturated carbocycles. The lowest BCUT2D eigenvalue weighted by Gasteiger charge is -2.00. The van der Waals surface area contributed by atoms with E-state index in [1.54, 1.807) is 0 Å². The van der Waals surface area contributed by atoms with Gasteiger partial charge in [0.2, 0.25) is 0 Å². The van der Waals surface area contributed by atoms with Crippen molar-refractivity contribution < 1.29 is 0 Å². The highest BCUT2D eigenvalue weighted by Crippen LogP contribution is 2.18. The zero-order valence-corrected chi connectivity index (χ0v) is 24.9. The molecule has 5 aromatic rings. The van der Waals surface area contributed by atoms with Gasteiger partial charge in [-0.1, -0.05) is 210 Å². The third kappa shape index (κ3) is 21.1. The van der Waals surface area contributed by atoms with Crippen LogP contribution in [0.25, 0.3) is 11.1 Å². The number of aryl methyl sites for hydroxylation is 4. The van der Waals surface area contributed by atoms with Crippen LogP contribution in [0.4, 0.5) is 0 Å². The summed E-state index contributed by atoms with van der Waals surface area (Å²) in [6.07, 6.45) is 0. The zero-order chi connectivity index (χ0) is 28.4. The molecule has 0 unspecified atom stereocenters. The van der Waals surface area contributed by atoms with Gasteiger partial charge in [0, 0.05) is 0 Å². The molecule has 5 aromatic carbocycles. The minimum absolute atomic E-state index is 0. The fraction of sp³-hybridized carbons (Fsp3) is 0.250. The SMILES string of the molecule is C.C.CC.CC.Cc1ccc(-c2ccccc2)cc1.Cc1ccccc1.Cc1ccccc1.Cc1ccccc1. The molecule has 0 nitrogen and oxygen atoms in total. The Morgan fingerprint density at radius 1 is 0.250 bits per heavy atom. The number of hydrogen-bond acceptors (Lipinski definition) is 0. The predicted molar refractivity (Wildman–Crippen MR) is 186 cm³/mol. The van der Waals surface area contributed by atoms with Gasteiger partial charge in [-0.05, 0) is 38.8 Å². The Balaban J connectivity index is -0.000000447. The first-order valence-corrected chi connectivity index (χ1v) is 13.7. The first kappa shape index (κ1) is 40.6. The molecule has 0 aromatic heterocycles. The van der Waals surface area contributed by atoms with Crippen molar-refractivity contribution in [2.45, 2.75) is 70.2 Å². The summed E-state index contributed by atoms with van der Waals surface area (Å²) in [7, 11) is 0. The van der Waals surface area contributed by atoms with Gasteiger partial charge in [-0.3, -0.25) is 0 Å². The molecule has 0 saturated heterocycles. The summed E-state index contributed by atoms with van der Waals surface area (Å²) in [6.45, 7) is 16.4. The highest BCUT2D eigenvalue weighted by Gasteiger charge is 1.93. The summed E-state index contributed by atoms with van der Waals surface area (Å²) in [5.41, 5.74) is 7.83. The molecule has 0 atom stereocenters. The maximum Gasteiger partial charge on any atom is -0.0184 e. The fourth-order valence-electron chi connectivity index (χ4n) is 2.98. The minimum atomic E-state index is 0. The third-order valence-corrected chi connectivity index (χ3v) is 4.98. The molecule has 40 heavy (non-hydrogen) atoms. The molecule has 0 bridgehead atoms. The van der Waals surface area contributed by atoms with E-state index < -0.39 is 0 Å². The molecule has 0 aliphatic carbocycles. The summed E-state index contributed by atoms with van der Waals surface area (Å²) in [4.78, 5) is 0. The molecule has 216 valence electrons. The second kappa shape index (κ2) is 28.1. The average molecular weight is 537 g/mol. The highest BCUT2D eigenvalue weighted by molar-refractivity contribution is 5.63. The van der Waals surface area contributed by atoms with Gasteiger partial charge in [0.05, 0.1) is 0 Å². The average Bonchev–Trinajstić information content (AvgIpc) is 2.98. The Labute approximate surface area is 248 Å². The lowest BCUT2D eigenvalue weighted by atomic mass is 10.0. The largest absolute Gasteiger partial charge is 0.0776 e. The number of hydrogen-bond donors (Lipinski definition) is 0. The monoisotopic (exact) mass is 536 g/mol. The first-order chi connectivity index (χ1) is 18.5. The van der Waals surface area contributed by atoms with Crippen LogP contribution in [0, 0.1) is 27.7 Å². The predicted octanol–water partition coefficient (Wildman–Crippen LogP) is 13.0. The molecule has 0 amide bonds. The van der Waals surface area contributed by atoms with E-state index in [-0.39, 0.29) is 14.9 Å². The van der Waals surface area contributed by atoms with Crippen LogP contribution in [-0.2, 0) is 0 Å². The first-order valence-electron chi connectivity index (χ1n) is 13.7. The van der Waals surface area contributed by atoms with E-state index in [1.165, 1.54) is 33.4 Å². The normalized spacial score (nSPS) is 8.10. The van der Waals surface area contributed by atoms with Crippen LogP contribution >= 0.6 is 0 Å². The van der Waals surface area contributed by atoms with Crippen molar-refractivity contribution in [1.29, 1.82) is 0 Å². The fourth-order valence-corrected chi connectivity index (χ4v) is 2.98. The molecular formula is C40H56. The molecule has 0 N–H and O–H groups in total. The van der Waals surface area contributed by atoms with Gasteiger partial charge in [0.15, 0.2) is 0 Å². The van der Waals surface area contributed by atoms with Gasteiger partial charge in [-0.25, -0.2) is 0 Å². The summed E-state index contributed by atoms with van der Waals surface area (Å²) in [6, 6.07) is 49.8. The van der Waals surface area contributed by atoms with E-state index in [2.05, 4.69) is 113 Å². The topological polar surface area (TPSA) is 0 Å². The molecule has 0 fully saturated rings.